The van der Waals surface area contributed by atoms with Gasteiger partial charge in [0, 0.05) is 15.2 Å². The van der Waals surface area contributed by atoms with E-state index >= 15 is 0 Å². The van der Waals surface area contributed by atoms with E-state index in [1.165, 1.54) is 11.1 Å². The van der Waals surface area contributed by atoms with Crippen molar-refractivity contribution < 1.29 is 18.9 Å². The van der Waals surface area contributed by atoms with Gasteiger partial charge in [-0.1, -0.05) is 82.7 Å². The van der Waals surface area contributed by atoms with Gasteiger partial charge in [-0.15, -0.1) is 0 Å². The molecule has 0 aliphatic rings. The first-order valence-electron chi connectivity index (χ1n) is 10.7. The summed E-state index contributed by atoms with van der Waals surface area (Å²) in [5.74, 6) is 0. The zero-order chi connectivity index (χ0) is 23.8. The first-order valence-corrected chi connectivity index (χ1v) is 11.5. The number of hydrogen-bond acceptors (Lipinski definition) is 4. The lowest BCUT2D eigenvalue weighted by molar-refractivity contribution is 0.426. The molecule has 6 heteroatoms. The van der Waals surface area contributed by atoms with Crippen LogP contribution >= 0.6 is 15.9 Å². The Hall–Kier alpha value is -3.58. The second kappa shape index (κ2) is 11.5. The Morgan fingerprint density at radius 2 is 1.12 bits per heavy atom. The molecule has 2 aromatic heterocycles. The van der Waals surface area contributed by atoms with Crippen LogP contribution in [0.25, 0.3) is 33.1 Å². The van der Waals surface area contributed by atoms with Gasteiger partial charge < -0.3 is 18.9 Å². The van der Waals surface area contributed by atoms with Crippen molar-refractivity contribution in [3.8, 4) is 11.1 Å². The van der Waals surface area contributed by atoms with Gasteiger partial charge in [0.15, 0.2) is 0 Å². The van der Waals surface area contributed by atoms with Crippen LogP contribution in [0.3, 0.4) is 0 Å². The van der Waals surface area contributed by atoms with E-state index in [4.69, 9.17) is 18.9 Å². The van der Waals surface area contributed by atoms with Crippen LogP contribution in [-0.2, 0) is 0 Å². The quantitative estimate of drug-likeness (QED) is 0.254. The molecule has 0 amide bonds. The average molecular weight is 513 g/mol. The average Bonchev–Trinajstić information content (AvgIpc) is 3.54. The third-order valence-electron chi connectivity index (χ3n) is 5.07. The van der Waals surface area contributed by atoms with Gasteiger partial charge in [-0.2, -0.15) is 0 Å². The van der Waals surface area contributed by atoms with Gasteiger partial charge in [-0.25, -0.2) is 0 Å². The zero-order valence-electron chi connectivity index (χ0n) is 18.2. The largest absolute Gasteiger partial charge is 0.488 e. The molecule has 4 aromatic carbocycles. The maximum absolute atomic E-state index is 8.58. The molecule has 168 valence electrons. The molecule has 0 bridgehead atoms. The van der Waals surface area contributed by atoms with E-state index in [9.17, 15) is 0 Å². The Kier molecular flexibility index (Phi) is 7.99. The van der Waals surface area contributed by atoms with Gasteiger partial charge >= 0.3 is 7.12 Å². The van der Waals surface area contributed by atoms with Crippen LogP contribution in [0.15, 0.2) is 135 Å². The Morgan fingerprint density at radius 3 is 1.71 bits per heavy atom. The van der Waals surface area contributed by atoms with Crippen LogP contribution in [0.2, 0.25) is 0 Å². The van der Waals surface area contributed by atoms with Crippen molar-refractivity contribution in [1.82, 2.24) is 0 Å². The van der Waals surface area contributed by atoms with Gasteiger partial charge in [0.2, 0.25) is 0 Å². The van der Waals surface area contributed by atoms with Gasteiger partial charge in [0.1, 0.15) is 11.2 Å². The summed E-state index contributed by atoms with van der Waals surface area (Å²) in [5.41, 5.74) is 4.86. The Morgan fingerprint density at radius 1 is 0.559 bits per heavy atom. The molecule has 0 aliphatic heterocycles. The highest BCUT2D eigenvalue weighted by molar-refractivity contribution is 9.10. The maximum Gasteiger partial charge on any atom is 0.488 e. The van der Waals surface area contributed by atoms with Gasteiger partial charge in [-0.05, 0) is 59.1 Å². The molecule has 0 spiro atoms. The fraction of sp³-hybridized carbons (Fsp3) is 0. The fourth-order valence-corrected chi connectivity index (χ4v) is 3.72. The highest BCUT2D eigenvalue weighted by atomic mass is 79.9. The monoisotopic (exact) mass is 512 g/mol. The van der Waals surface area contributed by atoms with Crippen molar-refractivity contribution >= 4 is 50.4 Å². The summed E-state index contributed by atoms with van der Waals surface area (Å²) in [5, 5.41) is 19.4. The molecule has 6 rings (SSSR count). The molecule has 34 heavy (non-hydrogen) atoms. The zero-order valence-corrected chi connectivity index (χ0v) is 19.8. The van der Waals surface area contributed by atoms with Crippen LogP contribution in [0, 0.1) is 0 Å². The molecule has 0 atom stereocenters. The molecular weight excluding hydrogens is 491 g/mol. The summed E-state index contributed by atoms with van der Waals surface area (Å²) in [6.45, 7) is 0. The van der Waals surface area contributed by atoms with Crippen molar-refractivity contribution in [1.29, 1.82) is 0 Å². The Balaban J connectivity index is 0.000000127. The molecule has 0 fully saturated rings. The summed E-state index contributed by atoms with van der Waals surface area (Å²) in [4.78, 5) is 0. The molecule has 2 heterocycles. The topological polar surface area (TPSA) is 66.7 Å². The summed E-state index contributed by atoms with van der Waals surface area (Å²) in [6.07, 6.45) is 3.41. The standard InChI is InChI=1S/C14H10O.C8H5BrO.C6H7BO2/c1-2-4-11(5-3-1)12-6-7-14-13(10-12)8-9-15-14;9-7-1-2-8-6(5-7)3-4-10-8;8-7(9)6-4-2-1-3-5-6/h1-10H;1-5H;1-5,8-9H. The first kappa shape index (κ1) is 23.6. The number of benzene rings is 4. The number of furan rings is 2. The summed E-state index contributed by atoms with van der Waals surface area (Å²) in [7, 11) is -1.34. The molecule has 2 N–H and O–H groups in total. The van der Waals surface area contributed by atoms with E-state index in [-0.39, 0.29) is 0 Å². The third-order valence-corrected chi connectivity index (χ3v) is 5.56. The summed E-state index contributed by atoms with van der Waals surface area (Å²) < 4.78 is 11.5. The van der Waals surface area contributed by atoms with Crippen LogP contribution < -0.4 is 5.46 Å². The number of rotatable bonds is 2. The predicted octanol–water partition coefficient (Wildman–Crippen LogP) is 6.66. The second-order valence-corrected chi connectivity index (χ2v) is 8.34. The fourth-order valence-electron chi connectivity index (χ4n) is 3.34. The lowest BCUT2D eigenvalue weighted by Gasteiger charge is -2.00. The Bertz CT molecular complexity index is 1440. The molecular formula is C28H22BBrO4. The highest BCUT2D eigenvalue weighted by Crippen LogP contribution is 2.24. The molecule has 0 saturated carbocycles. The first-order chi connectivity index (χ1) is 16.6. The van der Waals surface area contributed by atoms with Crippen LogP contribution in [0.1, 0.15) is 0 Å². The Labute approximate surface area is 206 Å². The predicted molar refractivity (Wildman–Crippen MR) is 142 cm³/mol. The van der Waals surface area contributed by atoms with E-state index in [1.54, 1.807) is 36.8 Å². The van der Waals surface area contributed by atoms with E-state index in [2.05, 4.69) is 52.3 Å². The van der Waals surface area contributed by atoms with E-state index < -0.39 is 7.12 Å². The third kappa shape index (κ3) is 6.26. The number of fused-ring (bicyclic) bond motifs is 2. The normalized spacial score (nSPS) is 10.2. The molecule has 0 radical (unpaired) electrons. The van der Waals surface area contributed by atoms with E-state index in [1.807, 2.05) is 48.5 Å². The van der Waals surface area contributed by atoms with Gasteiger partial charge in [-0.3, -0.25) is 0 Å². The minimum absolute atomic E-state index is 0.525. The van der Waals surface area contributed by atoms with Crippen molar-refractivity contribution in [2.75, 3.05) is 0 Å². The van der Waals surface area contributed by atoms with Gasteiger partial charge in [0.05, 0.1) is 12.5 Å². The molecule has 0 saturated heterocycles. The molecule has 4 nitrogen and oxygen atoms in total. The van der Waals surface area contributed by atoms with Crippen LogP contribution in [-0.4, -0.2) is 17.2 Å². The SMILES string of the molecule is Brc1ccc2occc2c1.OB(O)c1ccccc1.c1ccc(-c2ccc3occc3c2)cc1. The minimum atomic E-state index is -1.34. The minimum Gasteiger partial charge on any atom is -0.464 e. The molecule has 0 unspecified atom stereocenters. The molecule has 0 aliphatic carbocycles. The lowest BCUT2D eigenvalue weighted by atomic mass is 9.81. The summed E-state index contributed by atoms with van der Waals surface area (Å²) >= 11 is 3.38. The smallest absolute Gasteiger partial charge is 0.464 e. The molecule has 6 aromatic rings. The number of halogens is 1. The lowest BCUT2D eigenvalue weighted by Crippen LogP contribution is -2.29. The van der Waals surface area contributed by atoms with Crippen LogP contribution in [0.4, 0.5) is 0 Å². The van der Waals surface area contributed by atoms with E-state index in [0.717, 1.165) is 26.4 Å². The van der Waals surface area contributed by atoms with Crippen molar-refractivity contribution in [2.24, 2.45) is 0 Å². The van der Waals surface area contributed by atoms with Crippen molar-refractivity contribution in [3.63, 3.8) is 0 Å². The summed E-state index contributed by atoms with van der Waals surface area (Å²) in [6, 6.07) is 35.1. The van der Waals surface area contributed by atoms with E-state index in [0.29, 0.717) is 5.46 Å². The van der Waals surface area contributed by atoms with Crippen LogP contribution in [0.5, 0.6) is 0 Å². The number of hydrogen-bond donors (Lipinski definition) is 2. The van der Waals surface area contributed by atoms with Crippen molar-refractivity contribution in [2.45, 2.75) is 0 Å². The second-order valence-electron chi connectivity index (χ2n) is 7.43. The highest BCUT2D eigenvalue weighted by Gasteiger charge is 2.07. The van der Waals surface area contributed by atoms with Crippen molar-refractivity contribution in [3.05, 3.63) is 126 Å². The van der Waals surface area contributed by atoms with Gasteiger partial charge in [0.25, 0.3) is 0 Å². The maximum atomic E-state index is 8.58.